The molecule has 214 valence electrons. The van der Waals surface area contributed by atoms with Gasteiger partial charge in [0.1, 0.15) is 18.1 Å². The highest BCUT2D eigenvalue weighted by Gasteiger charge is 2.46. The van der Waals surface area contributed by atoms with Crippen molar-refractivity contribution in [1.82, 2.24) is 9.80 Å². The van der Waals surface area contributed by atoms with Crippen LogP contribution in [0.3, 0.4) is 0 Å². The third-order valence-corrected chi connectivity index (χ3v) is 6.84. The Morgan fingerprint density at radius 3 is 2.45 bits per heavy atom. The number of aliphatic hydroxyl groups is 1. The first-order valence-corrected chi connectivity index (χ1v) is 13.8. The van der Waals surface area contributed by atoms with Crippen LogP contribution in [-0.4, -0.2) is 85.8 Å². The minimum atomic E-state index is -0.801. The van der Waals surface area contributed by atoms with Gasteiger partial charge in [0.25, 0.3) is 11.7 Å². The summed E-state index contributed by atoms with van der Waals surface area (Å²) in [6.07, 6.45) is 2.51. The Morgan fingerprint density at radius 2 is 1.77 bits per heavy atom. The number of hydrogen-bond acceptors (Lipinski definition) is 8. The summed E-state index contributed by atoms with van der Waals surface area (Å²) < 4.78 is 22.7. The molecule has 9 heteroatoms. The van der Waals surface area contributed by atoms with Gasteiger partial charge in [-0.05, 0) is 55.3 Å². The zero-order valence-corrected chi connectivity index (χ0v) is 23.3. The highest BCUT2D eigenvalue weighted by atomic mass is 16.5. The van der Waals surface area contributed by atoms with Gasteiger partial charge in [-0.15, -0.1) is 0 Å². The van der Waals surface area contributed by atoms with Crippen molar-refractivity contribution in [3.63, 3.8) is 0 Å². The Labute approximate surface area is 235 Å². The van der Waals surface area contributed by atoms with Gasteiger partial charge in [-0.3, -0.25) is 14.5 Å². The molecule has 0 saturated carbocycles. The smallest absolute Gasteiger partial charge is 0.295 e. The van der Waals surface area contributed by atoms with E-state index in [1.807, 2.05) is 13.8 Å². The largest absolute Gasteiger partial charge is 0.507 e. The number of ketones is 1. The number of hydrogen-bond donors (Lipinski definition) is 1. The Morgan fingerprint density at radius 1 is 1.02 bits per heavy atom. The summed E-state index contributed by atoms with van der Waals surface area (Å²) in [5, 5.41) is 11.4. The van der Waals surface area contributed by atoms with Crippen molar-refractivity contribution in [3.05, 3.63) is 71.8 Å². The average molecular weight is 551 g/mol. The van der Waals surface area contributed by atoms with E-state index in [-0.39, 0.29) is 11.3 Å². The zero-order valence-electron chi connectivity index (χ0n) is 23.3. The van der Waals surface area contributed by atoms with E-state index in [4.69, 9.17) is 18.9 Å². The molecule has 2 aromatic carbocycles. The van der Waals surface area contributed by atoms with E-state index in [0.29, 0.717) is 74.5 Å². The Hall–Kier alpha value is -3.82. The molecule has 2 aromatic rings. The minimum absolute atomic E-state index is 0.0383. The van der Waals surface area contributed by atoms with Gasteiger partial charge in [0, 0.05) is 31.7 Å². The van der Waals surface area contributed by atoms with Crippen molar-refractivity contribution >= 4 is 17.4 Å². The van der Waals surface area contributed by atoms with Gasteiger partial charge in [0.15, 0.2) is 11.5 Å². The van der Waals surface area contributed by atoms with Gasteiger partial charge >= 0.3 is 0 Å². The number of aliphatic hydroxyl groups excluding tert-OH is 1. The monoisotopic (exact) mass is 550 g/mol. The standard InChI is InChI=1S/C31H38N2O7/c1-4-17-39-24-10-7-22(8-11-24)29(34)27-28(23-9-12-25(40-18-5-2)26(21-23)38-6-3)33(31(36)30(27)35)14-13-32-15-19-37-20-16-32/h5,7-12,21,28,34H,2,4,6,13-20H2,1,3H3/b29-27+. The number of rotatable bonds is 13. The van der Waals surface area contributed by atoms with Crippen LogP contribution in [0.15, 0.2) is 60.7 Å². The summed E-state index contributed by atoms with van der Waals surface area (Å²) in [4.78, 5) is 30.6. The van der Waals surface area contributed by atoms with Crippen LogP contribution in [0.25, 0.3) is 5.76 Å². The zero-order chi connectivity index (χ0) is 28.5. The molecule has 0 aromatic heterocycles. The lowest BCUT2D eigenvalue weighted by Crippen LogP contribution is -2.42. The summed E-state index contributed by atoms with van der Waals surface area (Å²) in [5.41, 5.74) is 1.10. The van der Waals surface area contributed by atoms with Crippen LogP contribution >= 0.6 is 0 Å². The van der Waals surface area contributed by atoms with Crippen molar-refractivity contribution < 1.29 is 33.6 Å². The lowest BCUT2D eigenvalue weighted by Gasteiger charge is -2.31. The second kappa shape index (κ2) is 14.0. The maximum absolute atomic E-state index is 13.5. The Balaban J connectivity index is 1.74. The van der Waals surface area contributed by atoms with E-state index >= 15 is 0 Å². The van der Waals surface area contributed by atoms with Gasteiger partial charge in [0.2, 0.25) is 0 Å². The Kier molecular flexibility index (Phi) is 10.2. The van der Waals surface area contributed by atoms with E-state index in [0.717, 1.165) is 19.5 Å². The van der Waals surface area contributed by atoms with Crippen molar-refractivity contribution in [2.45, 2.75) is 26.3 Å². The third-order valence-electron chi connectivity index (χ3n) is 6.84. The Bertz CT molecular complexity index is 1220. The van der Waals surface area contributed by atoms with Crippen LogP contribution < -0.4 is 14.2 Å². The lowest BCUT2D eigenvalue weighted by atomic mass is 9.95. The van der Waals surface area contributed by atoms with Crippen LogP contribution in [0.1, 0.15) is 37.4 Å². The predicted octanol–water partition coefficient (Wildman–Crippen LogP) is 4.19. The van der Waals surface area contributed by atoms with E-state index in [9.17, 15) is 14.7 Å². The van der Waals surface area contributed by atoms with Crippen molar-refractivity contribution in [1.29, 1.82) is 0 Å². The third kappa shape index (κ3) is 6.66. The summed E-state index contributed by atoms with van der Waals surface area (Å²) in [6, 6.07) is 11.4. The molecule has 0 spiro atoms. The molecule has 0 radical (unpaired) electrons. The molecule has 2 heterocycles. The fraction of sp³-hybridized carbons (Fsp3) is 0.419. The second-order valence-electron chi connectivity index (χ2n) is 9.56. The van der Waals surface area contributed by atoms with Gasteiger partial charge in [0.05, 0.1) is 38.0 Å². The molecule has 9 nitrogen and oxygen atoms in total. The quantitative estimate of drug-likeness (QED) is 0.172. The fourth-order valence-corrected chi connectivity index (χ4v) is 4.85. The average Bonchev–Trinajstić information content (AvgIpc) is 3.24. The van der Waals surface area contributed by atoms with Gasteiger partial charge in [-0.1, -0.05) is 25.6 Å². The molecule has 40 heavy (non-hydrogen) atoms. The summed E-state index contributed by atoms with van der Waals surface area (Å²) in [6.45, 7) is 12.5. The molecule has 2 saturated heterocycles. The van der Waals surface area contributed by atoms with Crippen LogP contribution in [0.2, 0.25) is 0 Å². The molecule has 1 unspecified atom stereocenters. The molecular weight excluding hydrogens is 512 g/mol. The van der Waals surface area contributed by atoms with Gasteiger partial charge in [-0.2, -0.15) is 0 Å². The van der Waals surface area contributed by atoms with E-state index < -0.39 is 17.7 Å². The van der Waals surface area contributed by atoms with Crippen LogP contribution in [-0.2, 0) is 14.3 Å². The molecule has 1 atom stereocenters. The summed E-state index contributed by atoms with van der Waals surface area (Å²) in [5.74, 6) is 0.0754. The number of carbonyl (C=O) groups is 2. The highest BCUT2D eigenvalue weighted by molar-refractivity contribution is 6.46. The number of morpholine rings is 1. The molecular formula is C31H38N2O7. The lowest BCUT2D eigenvalue weighted by molar-refractivity contribution is -0.140. The fourth-order valence-electron chi connectivity index (χ4n) is 4.85. The number of Topliss-reactive ketones (excluding diaryl/α,β-unsaturated/α-hetero) is 1. The molecule has 1 amide bonds. The molecule has 2 aliphatic rings. The minimum Gasteiger partial charge on any atom is -0.507 e. The normalized spacial score (nSPS) is 19.1. The van der Waals surface area contributed by atoms with Crippen molar-refractivity contribution in [2.24, 2.45) is 0 Å². The number of ether oxygens (including phenoxy) is 4. The maximum Gasteiger partial charge on any atom is 0.295 e. The first-order valence-electron chi connectivity index (χ1n) is 13.8. The maximum atomic E-state index is 13.5. The number of likely N-dealkylation sites (tertiary alicyclic amines) is 1. The van der Waals surface area contributed by atoms with E-state index in [2.05, 4.69) is 11.5 Å². The van der Waals surface area contributed by atoms with E-state index in [1.165, 1.54) is 4.90 Å². The SMILES string of the molecule is C=CCOc1ccc(C2/C(=C(\O)c3ccc(OCCC)cc3)C(=O)C(=O)N2CCN2CCOCC2)cc1OCC. The van der Waals surface area contributed by atoms with Crippen molar-refractivity contribution in [2.75, 3.05) is 59.2 Å². The highest BCUT2D eigenvalue weighted by Crippen LogP contribution is 2.42. The van der Waals surface area contributed by atoms with Crippen LogP contribution in [0.4, 0.5) is 0 Å². The predicted molar refractivity (Wildman–Crippen MR) is 152 cm³/mol. The molecule has 2 aliphatic heterocycles. The molecule has 2 fully saturated rings. The van der Waals surface area contributed by atoms with Gasteiger partial charge < -0.3 is 29.0 Å². The summed E-state index contributed by atoms with van der Waals surface area (Å²) in [7, 11) is 0. The first kappa shape index (κ1) is 29.2. The topological polar surface area (TPSA) is 97.8 Å². The summed E-state index contributed by atoms with van der Waals surface area (Å²) >= 11 is 0. The molecule has 0 aliphatic carbocycles. The second-order valence-corrected chi connectivity index (χ2v) is 9.56. The molecule has 4 rings (SSSR count). The number of amides is 1. The first-order chi connectivity index (χ1) is 19.5. The van der Waals surface area contributed by atoms with E-state index in [1.54, 1.807) is 48.5 Å². The molecule has 0 bridgehead atoms. The van der Waals surface area contributed by atoms with Crippen LogP contribution in [0, 0.1) is 0 Å². The van der Waals surface area contributed by atoms with Gasteiger partial charge in [-0.25, -0.2) is 0 Å². The number of carbonyl (C=O) groups excluding carboxylic acids is 2. The number of nitrogens with zero attached hydrogens (tertiary/aromatic N) is 2. The molecule has 1 N–H and O–H groups in total. The van der Waals surface area contributed by atoms with Crippen molar-refractivity contribution in [3.8, 4) is 17.2 Å². The van der Waals surface area contributed by atoms with Crippen LogP contribution in [0.5, 0.6) is 17.2 Å². The number of benzene rings is 2.